The molecule has 2 N–H and O–H groups in total. The summed E-state index contributed by atoms with van der Waals surface area (Å²) < 4.78 is 4.54. The second-order valence-electron chi connectivity index (χ2n) is 5.60. The molecule has 21 heavy (non-hydrogen) atoms. The number of carbonyl (C=O) groups is 3. The van der Waals surface area contributed by atoms with Crippen molar-refractivity contribution in [3.05, 3.63) is 0 Å². The molecule has 0 saturated heterocycles. The molecule has 2 unspecified atom stereocenters. The average Bonchev–Trinajstić information content (AvgIpc) is 3.19. The first-order chi connectivity index (χ1) is 10.0. The minimum absolute atomic E-state index is 0.0490. The maximum absolute atomic E-state index is 11.5. The Hall–Kier alpha value is -1.59. The van der Waals surface area contributed by atoms with E-state index in [1.165, 1.54) is 7.11 Å². The number of unbranched alkanes of at least 4 members (excludes halogenated alkanes) is 2. The number of hydrogen-bond donors (Lipinski definition) is 2. The lowest BCUT2D eigenvalue weighted by molar-refractivity contribution is -0.140. The predicted octanol–water partition coefficient (Wildman–Crippen LogP) is 0.998. The van der Waals surface area contributed by atoms with E-state index in [1.54, 1.807) is 0 Å². The summed E-state index contributed by atoms with van der Waals surface area (Å²) in [5.41, 5.74) is 0. The molecule has 1 aliphatic rings. The second-order valence-corrected chi connectivity index (χ2v) is 5.60. The molecule has 0 aliphatic heterocycles. The van der Waals surface area contributed by atoms with Crippen LogP contribution in [-0.4, -0.2) is 38.0 Å². The molecular formula is C15H26N2O4. The van der Waals surface area contributed by atoms with E-state index in [2.05, 4.69) is 22.3 Å². The molecular weight excluding hydrogens is 272 g/mol. The Kier molecular flexibility index (Phi) is 7.79. The van der Waals surface area contributed by atoms with Gasteiger partial charge >= 0.3 is 5.97 Å². The van der Waals surface area contributed by atoms with Gasteiger partial charge in [0.05, 0.1) is 7.11 Å². The molecule has 0 aromatic heterocycles. The molecule has 1 rings (SSSR count). The third-order valence-corrected chi connectivity index (χ3v) is 3.71. The first-order valence-electron chi connectivity index (χ1n) is 7.65. The van der Waals surface area contributed by atoms with Crippen LogP contribution >= 0.6 is 0 Å². The summed E-state index contributed by atoms with van der Waals surface area (Å²) in [7, 11) is 1.38. The highest BCUT2D eigenvalue weighted by Crippen LogP contribution is 2.37. The number of esters is 1. The van der Waals surface area contributed by atoms with Crippen molar-refractivity contribution >= 4 is 17.8 Å². The molecule has 0 spiro atoms. The van der Waals surface area contributed by atoms with Crippen LogP contribution in [0.1, 0.15) is 45.4 Å². The number of nitrogens with one attached hydrogen (secondary N) is 2. The Morgan fingerprint density at radius 1 is 1.05 bits per heavy atom. The first kappa shape index (κ1) is 17.5. The Bertz CT molecular complexity index is 371. The van der Waals surface area contributed by atoms with E-state index in [0.717, 1.165) is 25.7 Å². The third-order valence-electron chi connectivity index (χ3n) is 3.71. The summed E-state index contributed by atoms with van der Waals surface area (Å²) in [4.78, 5) is 33.9. The SMILES string of the molecule is COC(=O)CCCCCNC(=O)CCNC(=O)C1CC1C. The fourth-order valence-electron chi connectivity index (χ4n) is 2.11. The highest BCUT2D eigenvalue weighted by Gasteiger charge is 2.38. The van der Waals surface area contributed by atoms with E-state index < -0.39 is 0 Å². The summed E-state index contributed by atoms with van der Waals surface area (Å²) in [6.45, 7) is 3.06. The van der Waals surface area contributed by atoms with Crippen molar-refractivity contribution in [2.45, 2.75) is 45.4 Å². The lowest BCUT2D eigenvalue weighted by Crippen LogP contribution is -2.32. The van der Waals surface area contributed by atoms with E-state index in [-0.39, 0.29) is 23.7 Å². The Morgan fingerprint density at radius 2 is 1.76 bits per heavy atom. The highest BCUT2D eigenvalue weighted by atomic mass is 16.5. The van der Waals surface area contributed by atoms with Crippen molar-refractivity contribution in [3.63, 3.8) is 0 Å². The topological polar surface area (TPSA) is 84.5 Å². The van der Waals surface area contributed by atoms with E-state index in [0.29, 0.717) is 31.8 Å². The van der Waals surface area contributed by atoms with Gasteiger partial charge in [-0.3, -0.25) is 14.4 Å². The van der Waals surface area contributed by atoms with Gasteiger partial charge in [0.1, 0.15) is 0 Å². The van der Waals surface area contributed by atoms with Crippen LogP contribution in [0.3, 0.4) is 0 Å². The van der Waals surface area contributed by atoms with E-state index in [4.69, 9.17) is 0 Å². The minimum atomic E-state index is -0.195. The lowest BCUT2D eigenvalue weighted by Gasteiger charge is -2.06. The minimum Gasteiger partial charge on any atom is -0.469 e. The third kappa shape index (κ3) is 7.68. The normalized spacial score (nSPS) is 19.7. The van der Waals surface area contributed by atoms with Gasteiger partial charge in [-0.15, -0.1) is 0 Å². The standard InChI is InChI=1S/C15H26N2O4/c1-11-10-12(11)15(20)17-9-7-13(18)16-8-5-3-4-6-14(19)21-2/h11-12H,3-10H2,1-2H3,(H,16,18)(H,17,20). The van der Waals surface area contributed by atoms with Gasteiger partial charge in [0.2, 0.25) is 11.8 Å². The van der Waals surface area contributed by atoms with Gasteiger partial charge in [0, 0.05) is 31.8 Å². The van der Waals surface area contributed by atoms with Crippen LogP contribution in [0.4, 0.5) is 0 Å². The van der Waals surface area contributed by atoms with Gasteiger partial charge in [0.15, 0.2) is 0 Å². The maximum Gasteiger partial charge on any atom is 0.305 e. The monoisotopic (exact) mass is 298 g/mol. The maximum atomic E-state index is 11.5. The predicted molar refractivity (Wildman–Crippen MR) is 78.4 cm³/mol. The summed E-state index contributed by atoms with van der Waals surface area (Å²) in [5, 5.41) is 5.59. The molecule has 0 aromatic rings. The molecule has 1 aliphatic carbocycles. The molecule has 1 fully saturated rings. The first-order valence-corrected chi connectivity index (χ1v) is 7.65. The lowest BCUT2D eigenvalue weighted by atomic mass is 10.2. The van der Waals surface area contributed by atoms with Crippen LogP contribution in [0, 0.1) is 11.8 Å². The largest absolute Gasteiger partial charge is 0.469 e. The zero-order valence-electron chi connectivity index (χ0n) is 12.9. The molecule has 0 aromatic carbocycles. The molecule has 1 saturated carbocycles. The second kappa shape index (κ2) is 9.37. The van der Waals surface area contributed by atoms with Crippen LogP contribution in [-0.2, 0) is 19.1 Å². The Labute approximate surface area is 126 Å². The fraction of sp³-hybridized carbons (Fsp3) is 0.800. The number of hydrogen-bond acceptors (Lipinski definition) is 4. The number of ether oxygens (including phenoxy) is 1. The van der Waals surface area contributed by atoms with Crippen molar-refractivity contribution in [1.29, 1.82) is 0 Å². The molecule has 2 atom stereocenters. The molecule has 2 amide bonds. The van der Waals surface area contributed by atoms with Crippen LogP contribution in [0.5, 0.6) is 0 Å². The Balaban J connectivity index is 1.89. The molecule has 0 bridgehead atoms. The molecule has 6 nitrogen and oxygen atoms in total. The molecule has 0 heterocycles. The number of carbonyl (C=O) groups excluding carboxylic acids is 3. The van der Waals surface area contributed by atoms with Gasteiger partial charge in [-0.1, -0.05) is 13.3 Å². The highest BCUT2D eigenvalue weighted by molar-refractivity contribution is 5.82. The van der Waals surface area contributed by atoms with Gasteiger partial charge in [-0.25, -0.2) is 0 Å². The summed E-state index contributed by atoms with van der Waals surface area (Å²) in [6, 6.07) is 0. The summed E-state index contributed by atoms with van der Waals surface area (Å²) in [6.07, 6.45) is 4.20. The fourth-order valence-corrected chi connectivity index (χ4v) is 2.11. The van der Waals surface area contributed by atoms with E-state index in [1.807, 2.05) is 0 Å². The van der Waals surface area contributed by atoms with Gasteiger partial charge in [-0.2, -0.15) is 0 Å². The van der Waals surface area contributed by atoms with Crippen LogP contribution in [0.2, 0.25) is 0 Å². The van der Waals surface area contributed by atoms with Crippen LogP contribution in [0.15, 0.2) is 0 Å². The molecule has 6 heteroatoms. The molecule has 120 valence electrons. The smallest absolute Gasteiger partial charge is 0.305 e. The quantitative estimate of drug-likeness (QED) is 0.465. The van der Waals surface area contributed by atoms with Gasteiger partial charge in [0.25, 0.3) is 0 Å². The summed E-state index contributed by atoms with van der Waals surface area (Å²) >= 11 is 0. The van der Waals surface area contributed by atoms with Crippen molar-refractivity contribution in [1.82, 2.24) is 10.6 Å². The number of amides is 2. The van der Waals surface area contributed by atoms with Crippen LogP contribution < -0.4 is 10.6 Å². The zero-order chi connectivity index (χ0) is 15.7. The molecule has 0 radical (unpaired) electrons. The van der Waals surface area contributed by atoms with Crippen LogP contribution in [0.25, 0.3) is 0 Å². The summed E-state index contributed by atoms with van der Waals surface area (Å²) in [5.74, 6) is 0.469. The van der Waals surface area contributed by atoms with Gasteiger partial charge in [-0.05, 0) is 25.2 Å². The van der Waals surface area contributed by atoms with Crippen molar-refractivity contribution in [2.24, 2.45) is 11.8 Å². The van der Waals surface area contributed by atoms with Crippen molar-refractivity contribution in [2.75, 3.05) is 20.2 Å². The Morgan fingerprint density at radius 3 is 2.38 bits per heavy atom. The van der Waals surface area contributed by atoms with Crippen molar-refractivity contribution in [3.8, 4) is 0 Å². The van der Waals surface area contributed by atoms with E-state index in [9.17, 15) is 14.4 Å². The zero-order valence-corrected chi connectivity index (χ0v) is 12.9. The average molecular weight is 298 g/mol. The number of methoxy groups -OCH3 is 1. The van der Waals surface area contributed by atoms with Gasteiger partial charge < -0.3 is 15.4 Å². The van der Waals surface area contributed by atoms with Crippen molar-refractivity contribution < 1.29 is 19.1 Å². The van der Waals surface area contributed by atoms with E-state index >= 15 is 0 Å². The number of rotatable bonds is 10.